The molecule has 0 saturated heterocycles. The molecule has 0 spiro atoms. The highest BCUT2D eigenvalue weighted by molar-refractivity contribution is 5.96. The Hall–Kier alpha value is -1.91. The molecule has 0 radical (unpaired) electrons. The lowest BCUT2D eigenvalue weighted by Crippen LogP contribution is -2.35. The molecule has 1 aliphatic carbocycles. The molecule has 2 atom stereocenters. The molecule has 0 aromatic heterocycles. The minimum absolute atomic E-state index is 0.213. The van der Waals surface area contributed by atoms with Gasteiger partial charge in [-0.05, 0) is 43.0 Å². The van der Waals surface area contributed by atoms with Crippen molar-refractivity contribution in [3.63, 3.8) is 0 Å². The molecule has 2 rings (SSSR count). The molecule has 0 aliphatic heterocycles. The van der Waals surface area contributed by atoms with Gasteiger partial charge < -0.3 is 10.4 Å². The second-order valence-electron chi connectivity index (χ2n) is 4.50. The molecular weight excluding hydrogens is 237 g/mol. The topological polar surface area (TPSA) is 66.4 Å². The normalized spacial score (nSPS) is 19.1. The maximum atomic E-state index is 13.0. The van der Waals surface area contributed by atoms with Crippen molar-refractivity contribution in [1.82, 2.24) is 5.32 Å². The molecule has 5 heteroatoms. The van der Waals surface area contributed by atoms with Gasteiger partial charge in [0.25, 0.3) is 0 Å². The van der Waals surface area contributed by atoms with Gasteiger partial charge in [0.2, 0.25) is 5.91 Å². The number of nitrogens with one attached hydrogen (secondary N) is 1. The van der Waals surface area contributed by atoms with E-state index in [9.17, 15) is 14.0 Å². The monoisotopic (exact) mass is 251 g/mol. The predicted molar refractivity (Wildman–Crippen MR) is 62.4 cm³/mol. The number of amides is 1. The van der Waals surface area contributed by atoms with Gasteiger partial charge in [0.15, 0.2) is 0 Å². The average Bonchev–Trinajstić information content (AvgIpc) is 2.70. The highest BCUT2D eigenvalue weighted by Crippen LogP contribution is 2.31. The van der Waals surface area contributed by atoms with Crippen LogP contribution in [0.2, 0.25) is 0 Å². The van der Waals surface area contributed by atoms with E-state index in [2.05, 4.69) is 5.32 Å². The number of carbonyl (C=O) groups is 2. The number of carbonyl (C=O) groups excluding carboxylic acids is 1. The van der Waals surface area contributed by atoms with Crippen LogP contribution in [0.3, 0.4) is 0 Å². The highest BCUT2D eigenvalue weighted by atomic mass is 19.1. The first-order valence-electron chi connectivity index (χ1n) is 5.80. The first-order valence-corrected chi connectivity index (χ1v) is 5.80. The number of hydrogen-bond donors (Lipinski definition) is 2. The van der Waals surface area contributed by atoms with E-state index in [0.717, 1.165) is 11.1 Å². The van der Waals surface area contributed by atoms with Crippen LogP contribution in [0.25, 0.3) is 0 Å². The van der Waals surface area contributed by atoms with Crippen molar-refractivity contribution in [3.05, 3.63) is 35.1 Å². The number of rotatable bonds is 3. The van der Waals surface area contributed by atoms with Crippen LogP contribution in [0, 0.1) is 11.7 Å². The lowest BCUT2D eigenvalue weighted by molar-refractivity contribution is -0.146. The quantitative estimate of drug-likeness (QED) is 0.803. The molecule has 96 valence electrons. The smallest absolute Gasteiger partial charge is 0.315 e. The molecule has 0 heterocycles. The molecule has 0 saturated carbocycles. The van der Waals surface area contributed by atoms with Crippen LogP contribution in [0.15, 0.2) is 18.2 Å². The third-order valence-electron chi connectivity index (χ3n) is 3.26. The van der Waals surface area contributed by atoms with Crippen LogP contribution < -0.4 is 5.32 Å². The Kier molecular flexibility index (Phi) is 3.32. The van der Waals surface area contributed by atoms with Gasteiger partial charge in [-0.3, -0.25) is 9.59 Å². The van der Waals surface area contributed by atoms with Crippen molar-refractivity contribution in [2.24, 2.45) is 5.92 Å². The van der Waals surface area contributed by atoms with E-state index in [0.29, 0.717) is 12.8 Å². The molecule has 1 aromatic carbocycles. The number of fused-ring (bicyclic) bond motifs is 1. The van der Waals surface area contributed by atoms with Crippen molar-refractivity contribution in [3.8, 4) is 0 Å². The number of halogens is 1. The van der Waals surface area contributed by atoms with Gasteiger partial charge in [-0.1, -0.05) is 6.07 Å². The first-order chi connectivity index (χ1) is 8.49. The summed E-state index contributed by atoms with van der Waals surface area (Å²) in [6.07, 6.45) is 1.37. The van der Waals surface area contributed by atoms with Crippen molar-refractivity contribution in [2.45, 2.75) is 25.8 Å². The number of benzene rings is 1. The Bertz CT molecular complexity index is 501. The van der Waals surface area contributed by atoms with Gasteiger partial charge in [-0.25, -0.2) is 4.39 Å². The van der Waals surface area contributed by atoms with Gasteiger partial charge in [0, 0.05) is 0 Å². The Labute approximate surface area is 104 Å². The zero-order valence-corrected chi connectivity index (χ0v) is 9.94. The number of carboxylic acids is 1. The van der Waals surface area contributed by atoms with E-state index < -0.39 is 17.8 Å². The van der Waals surface area contributed by atoms with Gasteiger partial charge in [0.1, 0.15) is 11.7 Å². The minimum Gasteiger partial charge on any atom is -0.481 e. The summed E-state index contributed by atoms with van der Waals surface area (Å²) in [5.41, 5.74) is 1.76. The summed E-state index contributed by atoms with van der Waals surface area (Å²) in [5, 5.41) is 11.4. The Morgan fingerprint density at radius 2 is 2.22 bits per heavy atom. The molecule has 1 amide bonds. The Morgan fingerprint density at radius 1 is 1.50 bits per heavy atom. The lowest BCUT2D eigenvalue weighted by Gasteiger charge is -2.15. The molecule has 1 aromatic rings. The number of aliphatic carboxylic acids is 1. The van der Waals surface area contributed by atoms with E-state index in [1.54, 1.807) is 6.07 Å². The lowest BCUT2D eigenvalue weighted by atomic mass is 10.1. The fourth-order valence-electron chi connectivity index (χ4n) is 2.14. The van der Waals surface area contributed by atoms with Crippen LogP contribution in [-0.2, 0) is 16.0 Å². The van der Waals surface area contributed by atoms with E-state index in [-0.39, 0.29) is 11.9 Å². The highest BCUT2D eigenvalue weighted by Gasteiger charge is 2.28. The SMILES string of the molecule is CC(C(=O)O)C(=O)NC1CCc2cc(F)ccc21. The standard InChI is InChI=1S/C13H14FNO3/c1-7(13(17)18)12(16)15-11-5-2-8-6-9(14)3-4-10(8)11/h3-4,6-7,11H,2,5H2,1H3,(H,15,16)(H,17,18). The van der Waals surface area contributed by atoms with Crippen molar-refractivity contribution >= 4 is 11.9 Å². The van der Waals surface area contributed by atoms with E-state index in [1.807, 2.05) is 0 Å². The van der Waals surface area contributed by atoms with Crippen LogP contribution in [0.1, 0.15) is 30.5 Å². The molecule has 18 heavy (non-hydrogen) atoms. The first kappa shape index (κ1) is 12.5. The Morgan fingerprint density at radius 3 is 2.89 bits per heavy atom. The fraction of sp³-hybridized carbons (Fsp3) is 0.385. The van der Waals surface area contributed by atoms with Crippen LogP contribution in [-0.4, -0.2) is 17.0 Å². The van der Waals surface area contributed by atoms with Gasteiger partial charge in [0.05, 0.1) is 6.04 Å². The number of aryl methyl sites for hydroxylation is 1. The minimum atomic E-state index is -1.15. The van der Waals surface area contributed by atoms with Crippen LogP contribution >= 0.6 is 0 Å². The second kappa shape index (κ2) is 4.76. The Balaban J connectivity index is 2.10. The maximum absolute atomic E-state index is 13.0. The maximum Gasteiger partial charge on any atom is 0.315 e. The molecule has 0 fully saturated rings. The summed E-state index contributed by atoms with van der Waals surface area (Å²) < 4.78 is 13.0. The zero-order chi connectivity index (χ0) is 13.3. The molecule has 0 bridgehead atoms. The summed E-state index contributed by atoms with van der Waals surface area (Å²) in [6, 6.07) is 4.25. The molecule has 2 N–H and O–H groups in total. The number of hydrogen-bond acceptors (Lipinski definition) is 2. The second-order valence-corrected chi connectivity index (χ2v) is 4.50. The third kappa shape index (κ3) is 2.34. The molecular formula is C13H14FNO3. The van der Waals surface area contributed by atoms with Crippen molar-refractivity contribution < 1.29 is 19.1 Å². The van der Waals surface area contributed by atoms with E-state index >= 15 is 0 Å². The largest absolute Gasteiger partial charge is 0.481 e. The van der Waals surface area contributed by atoms with Crippen molar-refractivity contribution in [2.75, 3.05) is 0 Å². The summed E-state index contributed by atoms with van der Waals surface area (Å²) in [4.78, 5) is 22.3. The van der Waals surface area contributed by atoms with E-state index in [1.165, 1.54) is 19.1 Å². The van der Waals surface area contributed by atoms with Gasteiger partial charge in [-0.2, -0.15) is 0 Å². The van der Waals surface area contributed by atoms with Crippen LogP contribution in [0.5, 0.6) is 0 Å². The number of carboxylic acid groups (broad SMARTS) is 1. The van der Waals surface area contributed by atoms with Crippen LogP contribution in [0.4, 0.5) is 4.39 Å². The summed E-state index contributed by atoms with van der Waals surface area (Å²) in [5.74, 6) is -3.02. The van der Waals surface area contributed by atoms with Gasteiger partial charge in [-0.15, -0.1) is 0 Å². The molecule has 1 aliphatic rings. The average molecular weight is 251 g/mol. The molecule has 4 nitrogen and oxygen atoms in total. The van der Waals surface area contributed by atoms with Crippen molar-refractivity contribution in [1.29, 1.82) is 0 Å². The summed E-state index contributed by atoms with van der Waals surface area (Å²) in [7, 11) is 0. The van der Waals surface area contributed by atoms with E-state index in [4.69, 9.17) is 5.11 Å². The summed E-state index contributed by atoms with van der Waals surface area (Å²) in [6.45, 7) is 1.35. The predicted octanol–water partition coefficient (Wildman–Crippen LogP) is 1.65. The van der Waals surface area contributed by atoms with Gasteiger partial charge >= 0.3 is 5.97 Å². The fourth-order valence-corrected chi connectivity index (χ4v) is 2.14. The third-order valence-corrected chi connectivity index (χ3v) is 3.26. The zero-order valence-electron chi connectivity index (χ0n) is 9.94. The summed E-state index contributed by atoms with van der Waals surface area (Å²) >= 11 is 0. The molecule has 2 unspecified atom stereocenters.